The molecule has 0 bridgehead atoms. The summed E-state index contributed by atoms with van der Waals surface area (Å²) in [7, 11) is 1.43. The molecule has 0 fully saturated rings. The van der Waals surface area contributed by atoms with Crippen molar-refractivity contribution in [1.29, 1.82) is 0 Å². The van der Waals surface area contributed by atoms with Crippen LogP contribution in [0.2, 0.25) is 0 Å². The van der Waals surface area contributed by atoms with Gasteiger partial charge in [0.15, 0.2) is 16.7 Å². The van der Waals surface area contributed by atoms with E-state index in [0.717, 1.165) is 18.4 Å². The number of thioether (sulfide) groups is 1. The second-order valence-electron chi connectivity index (χ2n) is 4.57. The summed E-state index contributed by atoms with van der Waals surface area (Å²) in [5.74, 6) is 0.376. The quantitative estimate of drug-likeness (QED) is 0.799. The number of rotatable bonds is 7. The molecule has 1 N–H and O–H groups in total. The van der Waals surface area contributed by atoms with Crippen molar-refractivity contribution in [1.82, 2.24) is 14.8 Å². The fourth-order valence-electron chi connectivity index (χ4n) is 1.87. The normalized spacial score (nSPS) is 10.8. The highest BCUT2D eigenvalue weighted by Gasteiger charge is 2.10. The molecule has 2 rings (SSSR count). The van der Waals surface area contributed by atoms with E-state index in [1.165, 1.54) is 24.9 Å². The predicted octanol–water partition coefficient (Wildman–Crippen LogP) is 2.81. The van der Waals surface area contributed by atoms with Gasteiger partial charge in [-0.3, -0.25) is 4.57 Å². The summed E-state index contributed by atoms with van der Waals surface area (Å²) in [6.45, 7) is 2.71. The number of hydrogen-bond donors (Lipinski definition) is 1. The first-order chi connectivity index (χ1) is 10.2. The van der Waals surface area contributed by atoms with E-state index < -0.39 is 0 Å². The molecular formula is C14H18FN3O2S. The van der Waals surface area contributed by atoms with Gasteiger partial charge in [-0.15, -0.1) is 5.10 Å². The van der Waals surface area contributed by atoms with Gasteiger partial charge in [0.25, 0.3) is 0 Å². The summed E-state index contributed by atoms with van der Waals surface area (Å²) in [6.07, 6.45) is 1.93. The summed E-state index contributed by atoms with van der Waals surface area (Å²) in [5.41, 5.74) is 0.614. The van der Waals surface area contributed by atoms with Crippen LogP contribution in [0.3, 0.4) is 0 Å². The average molecular weight is 311 g/mol. The van der Waals surface area contributed by atoms with Crippen molar-refractivity contribution in [2.45, 2.75) is 37.2 Å². The molecule has 21 heavy (non-hydrogen) atoms. The summed E-state index contributed by atoms with van der Waals surface area (Å²) in [4.78, 5) is 11.6. The van der Waals surface area contributed by atoms with Crippen molar-refractivity contribution in [3.63, 3.8) is 0 Å². The van der Waals surface area contributed by atoms with Gasteiger partial charge in [0, 0.05) is 12.3 Å². The molecule has 0 saturated heterocycles. The van der Waals surface area contributed by atoms with E-state index in [1.54, 1.807) is 16.7 Å². The lowest BCUT2D eigenvalue weighted by Gasteiger charge is -2.06. The van der Waals surface area contributed by atoms with Gasteiger partial charge in [-0.1, -0.05) is 31.2 Å². The van der Waals surface area contributed by atoms with Crippen molar-refractivity contribution in [2.75, 3.05) is 7.11 Å². The fourth-order valence-corrected chi connectivity index (χ4v) is 2.79. The summed E-state index contributed by atoms with van der Waals surface area (Å²) in [5, 5.41) is 7.09. The standard InChI is InChI=1S/C14H18FN3O2S/c1-3-4-7-18-13(19)16-17-14(18)21-9-10-5-6-12(20-2)11(15)8-10/h5-6,8H,3-4,7,9H2,1-2H3,(H,16,19). The minimum Gasteiger partial charge on any atom is -0.494 e. The molecule has 0 aliphatic heterocycles. The average Bonchev–Trinajstić information content (AvgIpc) is 2.83. The Bertz CT molecular complexity index is 654. The highest BCUT2D eigenvalue weighted by molar-refractivity contribution is 7.98. The first-order valence-corrected chi connectivity index (χ1v) is 7.74. The van der Waals surface area contributed by atoms with Crippen LogP contribution in [0, 0.1) is 5.82 Å². The minimum atomic E-state index is -0.388. The Morgan fingerprint density at radius 3 is 2.95 bits per heavy atom. The Morgan fingerprint density at radius 2 is 2.29 bits per heavy atom. The molecule has 0 aliphatic rings. The molecule has 0 amide bonds. The molecule has 0 unspecified atom stereocenters. The molecule has 0 saturated carbocycles. The van der Waals surface area contributed by atoms with Crippen LogP contribution in [0.25, 0.3) is 0 Å². The highest BCUT2D eigenvalue weighted by Crippen LogP contribution is 2.23. The number of methoxy groups -OCH3 is 1. The Labute approximate surface area is 126 Å². The van der Waals surface area contributed by atoms with Crippen LogP contribution in [0.15, 0.2) is 28.2 Å². The third-order valence-corrected chi connectivity index (χ3v) is 4.09. The number of aromatic amines is 1. The predicted molar refractivity (Wildman–Crippen MR) is 80.3 cm³/mol. The fraction of sp³-hybridized carbons (Fsp3) is 0.429. The maximum absolute atomic E-state index is 13.6. The van der Waals surface area contributed by atoms with E-state index in [9.17, 15) is 9.18 Å². The number of aromatic nitrogens is 3. The van der Waals surface area contributed by atoms with Gasteiger partial charge in [0.1, 0.15) is 0 Å². The molecule has 0 spiro atoms. The number of ether oxygens (including phenoxy) is 1. The molecule has 0 atom stereocenters. The lowest BCUT2D eigenvalue weighted by molar-refractivity contribution is 0.386. The van der Waals surface area contributed by atoms with E-state index in [-0.39, 0.29) is 17.3 Å². The number of hydrogen-bond acceptors (Lipinski definition) is 4. The van der Waals surface area contributed by atoms with Gasteiger partial charge >= 0.3 is 5.69 Å². The van der Waals surface area contributed by atoms with Crippen LogP contribution >= 0.6 is 11.8 Å². The number of benzene rings is 1. The minimum absolute atomic E-state index is 0.202. The third kappa shape index (κ3) is 3.87. The molecule has 0 aliphatic carbocycles. The zero-order valence-corrected chi connectivity index (χ0v) is 12.9. The molecule has 114 valence electrons. The van der Waals surface area contributed by atoms with E-state index in [0.29, 0.717) is 17.5 Å². The van der Waals surface area contributed by atoms with Gasteiger partial charge in [-0.05, 0) is 24.1 Å². The highest BCUT2D eigenvalue weighted by atomic mass is 32.2. The molecule has 1 aromatic carbocycles. The van der Waals surface area contributed by atoms with Crippen LogP contribution in [-0.4, -0.2) is 21.9 Å². The van der Waals surface area contributed by atoms with Crippen LogP contribution < -0.4 is 10.4 Å². The van der Waals surface area contributed by atoms with Gasteiger partial charge in [0.05, 0.1) is 7.11 Å². The van der Waals surface area contributed by atoms with Crippen LogP contribution in [0.4, 0.5) is 4.39 Å². The van der Waals surface area contributed by atoms with E-state index in [4.69, 9.17) is 4.74 Å². The van der Waals surface area contributed by atoms with Crippen LogP contribution in [0.5, 0.6) is 5.75 Å². The maximum Gasteiger partial charge on any atom is 0.343 e. The second kappa shape index (κ2) is 7.31. The SMILES string of the molecule is CCCCn1c(SCc2ccc(OC)c(F)c2)n[nH]c1=O. The molecule has 5 nitrogen and oxygen atoms in total. The van der Waals surface area contributed by atoms with Gasteiger partial charge in [-0.25, -0.2) is 14.3 Å². The third-order valence-electron chi connectivity index (χ3n) is 3.04. The zero-order valence-electron chi connectivity index (χ0n) is 12.1. The molecule has 1 aromatic heterocycles. The van der Waals surface area contributed by atoms with E-state index >= 15 is 0 Å². The van der Waals surface area contributed by atoms with Gasteiger partial charge in [0.2, 0.25) is 0 Å². The number of unbranched alkanes of at least 4 members (excludes halogenated alkanes) is 1. The van der Waals surface area contributed by atoms with Crippen molar-refractivity contribution < 1.29 is 9.13 Å². The Kier molecular flexibility index (Phi) is 5.44. The van der Waals surface area contributed by atoms with E-state index in [2.05, 4.69) is 17.1 Å². The second-order valence-corrected chi connectivity index (χ2v) is 5.52. The maximum atomic E-state index is 13.6. The van der Waals surface area contributed by atoms with Gasteiger partial charge < -0.3 is 4.74 Å². The van der Waals surface area contributed by atoms with Crippen molar-refractivity contribution in [2.24, 2.45) is 0 Å². The summed E-state index contributed by atoms with van der Waals surface area (Å²) < 4.78 is 20.1. The monoisotopic (exact) mass is 311 g/mol. The molecule has 1 heterocycles. The van der Waals surface area contributed by atoms with Gasteiger partial charge in [-0.2, -0.15) is 0 Å². The van der Waals surface area contributed by atoms with Crippen LogP contribution in [-0.2, 0) is 12.3 Å². The topological polar surface area (TPSA) is 59.9 Å². The summed E-state index contributed by atoms with van der Waals surface area (Å²) in [6, 6.07) is 4.84. The smallest absolute Gasteiger partial charge is 0.343 e. The Hall–Kier alpha value is -1.76. The molecular weight excluding hydrogens is 293 g/mol. The molecule has 2 aromatic rings. The first kappa shape index (κ1) is 15.6. The van der Waals surface area contributed by atoms with Crippen molar-refractivity contribution in [3.05, 3.63) is 40.1 Å². The lowest BCUT2D eigenvalue weighted by Crippen LogP contribution is -2.17. The largest absolute Gasteiger partial charge is 0.494 e. The number of H-pyrrole nitrogens is 1. The molecule has 7 heteroatoms. The number of nitrogens with one attached hydrogen (secondary N) is 1. The number of nitrogens with zero attached hydrogens (tertiary/aromatic N) is 2. The Balaban J connectivity index is 2.06. The number of halogens is 1. The van der Waals surface area contributed by atoms with Crippen molar-refractivity contribution >= 4 is 11.8 Å². The molecule has 0 radical (unpaired) electrons. The Morgan fingerprint density at radius 1 is 1.48 bits per heavy atom. The lowest BCUT2D eigenvalue weighted by atomic mass is 10.2. The summed E-state index contributed by atoms with van der Waals surface area (Å²) >= 11 is 1.41. The van der Waals surface area contributed by atoms with Crippen molar-refractivity contribution in [3.8, 4) is 5.75 Å². The van der Waals surface area contributed by atoms with E-state index in [1.807, 2.05) is 0 Å². The first-order valence-electron chi connectivity index (χ1n) is 6.76. The zero-order chi connectivity index (χ0) is 15.2. The van der Waals surface area contributed by atoms with Crippen LogP contribution in [0.1, 0.15) is 25.3 Å².